The summed E-state index contributed by atoms with van der Waals surface area (Å²) in [4.78, 5) is 9.82. The summed E-state index contributed by atoms with van der Waals surface area (Å²) in [5.74, 6) is 0.627. The Labute approximate surface area is 193 Å². The number of hydrogen-bond donors (Lipinski definition) is 2. The van der Waals surface area contributed by atoms with Crippen LogP contribution in [0.3, 0.4) is 0 Å². The van der Waals surface area contributed by atoms with E-state index in [2.05, 4.69) is 55.1 Å². The molecule has 0 aromatic heterocycles. The minimum atomic E-state index is -0.230. The fourth-order valence-electron chi connectivity index (χ4n) is 3.51. The van der Waals surface area contributed by atoms with Crippen LogP contribution in [0.4, 0.5) is 4.39 Å². The first-order valence-corrected chi connectivity index (χ1v) is 10.6. The zero-order valence-corrected chi connectivity index (χ0v) is 21.0. The Kier molecular flexibility index (Phi) is 11.4. The highest BCUT2D eigenvalue weighted by atomic mass is 127. The van der Waals surface area contributed by atoms with Crippen molar-refractivity contribution in [1.29, 1.82) is 0 Å². The first-order chi connectivity index (χ1) is 13.4. The number of guanidine groups is 1. The van der Waals surface area contributed by atoms with Gasteiger partial charge in [0.1, 0.15) is 5.82 Å². The van der Waals surface area contributed by atoms with Gasteiger partial charge in [0.05, 0.1) is 6.54 Å². The van der Waals surface area contributed by atoms with Crippen molar-refractivity contribution in [1.82, 2.24) is 20.4 Å². The van der Waals surface area contributed by atoms with Crippen LogP contribution >= 0.6 is 24.0 Å². The first kappa shape index (κ1) is 26.1. The molecule has 1 aromatic carbocycles. The van der Waals surface area contributed by atoms with E-state index < -0.39 is 0 Å². The van der Waals surface area contributed by atoms with Gasteiger partial charge in [0, 0.05) is 50.7 Å². The summed E-state index contributed by atoms with van der Waals surface area (Å²) >= 11 is 0. The van der Waals surface area contributed by atoms with E-state index in [1.807, 2.05) is 6.07 Å². The van der Waals surface area contributed by atoms with Crippen molar-refractivity contribution in [3.63, 3.8) is 0 Å². The molecule has 0 amide bonds. The van der Waals surface area contributed by atoms with Crippen molar-refractivity contribution >= 4 is 29.9 Å². The number of likely N-dealkylation sites (N-methyl/N-ethyl adjacent to an activating group) is 1. The van der Waals surface area contributed by atoms with Crippen molar-refractivity contribution in [2.75, 3.05) is 52.4 Å². The summed E-state index contributed by atoms with van der Waals surface area (Å²) < 4.78 is 13.6. The van der Waals surface area contributed by atoms with Gasteiger partial charge in [-0.2, -0.15) is 0 Å². The van der Waals surface area contributed by atoms with E-state index in [-0.39, 0.29) is 35.2 Å². The van der Waals surface area contributed by atoms with Gasteiger partial charge in [-0.05, 0) is 38.1 Å². The lowest BCUT2D eigenvalue weighted by Crippen LogP contribution is -2.53. The molecule has 0 aliphatic carbocycles. The predicted octanol–water partition coefficient (Wildman–Crippen LogP) is 3.30. The Bertz CT molecular complexity index is 629. The zero-order chi connectivity index (χ0) is 20.6. The number of nitrogens with one attached hydrogen (secondary N) is 2. The standard InChI is InChI=1S/C22H38FN5.HI/c1-6-24-21(25-16-18(3)28-13-11-27(7-2)12-14-28)26-17-22(4,5)19-9-8-10-20(23)15-19;/h8-10,15,18H,6-7,11-14,16-17H2,1-5H3,(H2,24,25,26);1H. The molecule has 1 heterocycles. The van der Waals surface area contributed by atoms with Crippen molar-refractivity contribution in [3.8, 4) is 0 Å². The fraction of sp³-hybridized carbons (Fsp3) is 0.682. The molecular formula is C22H39FIN5. The summed E-state index contributed by atoms with van der Waals surface area (Å²) in [6.45, 7) is 18.7. The van der Waals surface area contributed by atoms with Crippen LogP contribution in [0.25, 0.3) is 0 Å². The minimum absolute atomic E-state index is 0. The van der Waals surface area contributed by atoms with E-state index in [1.54, 1.807) is 12.1 Å². The van der Waals surface area contributed by atoms with Gasteiger partial charge in [-0.1, -0.05) is 32.9 Å². The molecular weight excluding hydrogens is 480 g/mol. The average Bonchev–Trinajstić information content (AvgIpc) is 2.70. The lowest BCUT2D eigenvalue weighted by atomic mass is 9.85. The summed E-state index contributed by atoms with van der Waals surface area (Å²) in [5, 5.41) is 6.82. The summed E-state index contributed by atoms with van der Waals surface area (Å²) in [5.41, 5.74) is 0.737. The predicted molar refractivity (Wildman–Crippen MR) is 132 cm³/mol. The van der Waals surface area contributed by atoms with Crippen LogP contribution in [-0.2, 0) is 5.41 Å². The van der Waals surface area contributed by atoms with Gasteiger partial charge in [0.25, 0.3) is 0 Å². The van der Waals surface area contributed by atoms with Gasteiger partial charge in [-0.3, -0.25) is 9.89 Å². The van der Waals surface area contributed by atoms with Gasteiger partial charge in [-0.25, -0.2) is 4.39 Å². The maximum absolute atomic E-state index is 13.6. The highest BCUT2D eigenvalue weighted by Crippen LogP contribution is 2.24. The van der Waals surface area contributed by atoms with Crippen molar-refractivity contribution in [2.45, 2.75) is 46.1 Å². The van der Waals surface area contributed by atoms with Gasteiger partial charge in [-0.15, -0.1) is 24.0 Å². The summed E-state index contributed by atoms with van der Waals surface area (Å²) in [6, 6.07) is 7.28. The molecule has 0 radical (unpaired) electrons. The maximum Gasteiger partial charge on any atom is 0.191 e. The molecule has 2 N–H and O–H groups in total. The normalized spacial score (nSPS) is 17.5. The zero-order valence-electron chi connectivity index (χ0n) is 18.7. The summed E-state index contributed by atoms with van der Waals surface area (Å²) in [7, 11) is 0. The van der Waals surface area contributed by atoms with Crippen molar-refractivity contribution < 1.29 is 4.39 Å². The van der Waals surface area contributed by atoms with Gasteiger partial charge < -0.3 is 15.5 Å². The van der Waals surface area contributed by atoms with Crippen LogP contribution in [0.5, 0.6) is 0 Å². The fourth-order valence-corrected chi connectivity index (χ4v) is 3.51. The number of rotatable bonds is 8. The van der Waals surface area contributed by atoms with Crippen molar-refractivity contribution in [2.24, 2.45) is 4.99 Å². The van der Waals surface area contributed by atoms with E-state index >= 15 is 0 Å². The maximum atomic E-state index is 13.6. The topological polar surface area (TPSA) is 42.9 Å². The quantitative estimate of drug-likeness (QED) is 0.314. The van der Waals surface area contributed by atoms with Crippen LogP contribution in [0.1, 0.15) is 40.2 Å². The molecule has 0 spiro atoms. The number of hydrogen-bond acceptors (Lipinski definition) is 3. The Hall–Kier alpha value is -0.930. The lowest BCUT2D eigenvalue weighted by molar-refractivity contribution is 0.107. The Morgan fingerprint density at radius 3 is 2.45 bits per heavy atom. The highest BCUT2D eigenvalue weighted by molar-refractivity contribution is 14.0. The average molecular weight is 519 g/mol. The molecule has 1 unspecified atom stereocenters. The molecule has 2 rings (SSSR count). The van der Waals surface area contributed by atoms with Gasteiger partial charge in [0.2, 0.25) is 0 Å². The number of nitrogens with zero attached hydrogens (tertiary/aromatic N) is 3. The van der Waals surface area contributed by atoms with Crippen LogP contribution in [0, 0.1) is 5.82 Å². The molecule has 1 saturated heterocycles. The van der Waals surface area contributed by atoms with Crippen LogP contribution in [0.15, 0.2) is 29.3 Å². The van der Waals surface area contributed by atoms with Crippen molar-refractivity contribution in [3.05, 3.63) is 35.6 Å². The molecule has 1 fully saturated rings. The molecule has 29 heavy (non-hydrogen) atoms. The van der Waals surface area contributed by atoms with Gasteiger partial charge >= 0.3 is 0 Å². The number of halogens is 2. The van der Waals surface area contributed by atoms with Gasteiger partial charge in [0.15, 0.2) is 5.96 Å². The summed E-state index contributed by atoms with van der Waals surface area (Å²) in [6.07, 6.45) is 0. The molecule has 7 heteroatoms. The monoisotopic (exact) mass is 519 g/mol. The molecule has 0 saturated carbocycles. The largest absolute Gasteiger partial charge is 0.357 e. The minimum Gasteiger partial charge on any atom is -0.357 e. The van der Waals surface area contributed by atoms with Crippen LogP contribution < -0.4 is 10.6 Å². The molecule has 166 valence electrons. The lowest BCUT2D eigenvalue weighted by Gasteiger charge is -2.37. The Morgan fingerprint density at radius 2 is 1.86 bits per heavy atom. The van der Waals surface area contributed by atoms with E-state index in [4.69, 9.17) is 4.99 Å². The third-order valence-electron chi connectivity index (χ3n) is 5.63. The molecule has 0 bridgehead atoms. The van der Waals surface area contributed by atoms with E-state index in [0.717, 1.165) is 57.3 Å². The van der Waals surface area contributed by atoms with Crippen LogP contribution in [-0.4, -0.2) is 74.2 Å². The third kappa shape index (κ3) is 8.38. The van der Waals surface area contributed by atoms with E-state index in [1.165, 1.54) is 6.07 Å². The first-order valence-electron chi connectivity index (χ1n) is 10.6. The molecule has 1 atom stereocenters. The number of piperazine rings is 1. The SMILES string of the molecule is CCNC(=NCC(C)(C)c1cccc(F)c1)NCC(C)N1CCN(CC)CC1.I. The van der Waals surface area contributed by atoms with Crippen LogP contribution in [0.2, 0.25) is 0 Å². The highest BCUT2D eigenvalue weighted by Gasteiger charge is 2.22. The smallest absolute Gasteiger partial charge is 0.191 e. The molecule has 1 aromatic rings. The number of benzene rings is 1. The van der Waals surface area contributed by atoms with E-state index in [9.17, 15) is 4.39 Å². The Balaban J connectivity index is 0.00000420. The second kappa shape index (κ2) is 12.7. The molecule has 5 nitrogen and oxygen atoms in total. The second-order valence-corrected chi connectivity index (χ2v) is 8.29. The molecule has 1 aliphatic rings. The van der Waals surface area contributed by atoms with E-state index in [0.29, 0.717) is 12.6 Å². The second-order valence-electron chi connectivity index (χ2n) is 8.29. The molecule has 1 aliphatic heterocycles. The third-order valence-corrected chi connectivity index (χ3v) is 5.63. The Morgan fingerprint density at radius 1 is 1.17 bits per heavy atom. The number of aliphatic imine (C=N–C) groups is 1.